The third-order valence-electron chi connectivity index (χ3n) is 7.59. The molecule has 2 amide bonds. The number of alkyl halides is 6. The Bertz CT molecular complexity index is 1830. The average molecular weight is 756 g/mol. The molecule has 2 saturated heterocycles. The van der Waals surface area contributed by atoms with Gasteiger partial charge in [-0.25, -0.2) is 4.79 Å². The van der Waals surface area contributed by atoms with Crippen molar-refractivity contribution in [3.63, 3.8) is 0 Å². The normalized spacial score (nSPS) is 16.9. The van der Waals surface area contributed by atoms with E-state index in [0.717, 1.165) is 36.2 Å². The predicted octanol–water partition coefficient (Wildman–Crippen LogP) is 7.73. The van der Waals surface area contributed by atoms with Gasteiger partial charge in [0.15, 0.2) is 0 Å². The number of rotatable bonds is 10. The molecule has 2 aliphatic rings. The largest absolute Gasteiger partial charge is 0.478 e. The van der Waals surface area contributed by atoms with Gasteiger partial charge in [-0.15, -0.1) is 11.3 Å². The van der Waals surface area contributed by atoms with Gasteiger partial charge < -0.3 is 15.2 Å². The molecular formula is C33H27F6N3O5S3. The van der Waals surface area contributed by atoms with Crippen molar-refractivity contribution in [1.82, 2.24) is 9.80 Å². The molecule has 0 spiro atoms. The number of carboxylic acid groups (broad SMARTS) is 1. The average Bonchev–Trinajstić information content (AvgIpc) is 3.63. The van der Waals surface area contributed by atoms with Crippen LogP contribution in [-0.4, -0.2) is 76.4 Å². The lowest BCUT2D eigenvalue weighted by atomic mass is 10.0. The number of thiocarbonyl (C=S) groups is 1. The Morgan fingerprint density at radius 3 is 2.30 bits per heavy atom. The van der Waals surface area contributed by atoms with Crippen molar-refractivity contribution in [2.75, 3.05) is 44.7 Å². The van der Waals surface area contributed by atoms with E-state index >= 15 is 0 Å². The van der Waals surface area contributed by atoms with E-state index in [2.05, 4.69) is 10.2 Å². The molecule has 0 unspecified atom stereocenters. The third-order valence-corrected chi connectivity index (χ3v) is 9.84. The maximum absolute atomic E-state index is 13.3. The van der Waals surface area contributed by atoms with Gasteiger partial charge in [-0.2, -0.15) is 26.3 Å². The molecule has 0 radical (unpaired) electrons. The highest BCUT2D eigenvalue weighted by molar-refractivity contribution is 8.26. The van der Waals surface area contributed by atoms with Gasteiger partial charge in [0.2, 0.25) is 5.91 Å². The molecule has 0 aliphatic carbocycles. The molecule has 2 aromatic carbocycles. The highest BCUT2D eigenvalue weighted by Crippen LogP contribution is 2.40. The number of nitrogens with one attached hydrogen (secondary N) is 1. The Morgan fingerprint density at radius 2 is 1.66 bits per heavy atom. The van der Waals surface area contributed by atoms with E-state index in [9.17, 15) is 45.8 Å². The Balaban J connectivity index is 1.24. The van der Waals surface area contributed by atoms with Crippen LogP contribution < -0.4 is 5.32 Å². The fourth-order valence-corrected chi connectivity index (χ4v) is 7.23. The summed E-state index contributed by atoms with van der Waals surface area (Å²) >= 11 is 7.31. The number of nitrogens with zero attached hydrogens (tertiary/aromatic N) is 2. The van der Waals surface area contributed by atoms with Gasteiger partial charge >= 0.3 is 18.3 Å². The van der Waals surface area contributed by atoms with Gasteiger partial charge in [-0.3, -0.25) is 19.4 Å². The molecule has 0 saturated carbocycles. The van der Waals surface area contributed by atoms with E-state index < -0.39 is 41.3 Å². The molecule has 17 heteroatoms. The number of hydrogen-bond acceptors (Lipinski definition) is 8. The van der Waals surface area contributed by atoms with Crippen LogP contribution in [0, 0.1) is 0 Å². The van der Waals surface area contributed by atoms with E-state index in [-0.39, 0.29) is 44.9 Å². The van der Waals surface area contributed by atoms with Gasteiger partial charge in [0.05, 0.1) is 34.8 Å². The van der Waals surface area contributed by atoms with Gasteiger partial charge in [-0.05, 0) is 70.6 Å². The second-order valence-electron chi connectivity index (χ2n) is 11.1. The number of carbonyl (C=O) groups excluding carboxylic acids is 2. The lowest BCUT2D eigenvalue weighted by molar-refractivity contribution is -0.143. The molecule has 8 nitrogen and oxygen atoms in total. The monoisotopic (exact) mass is 755 g/mol. The summed E-state index contributed by atoms with van der Waals surface area (Å²) in [7, 11) is 0. The summed E-state index contributed by atoms with van der Waals surface area (Å²) in [5.74, 6) is -2.10. The number of amides is 2. The highest BCUT2D eigenvalue weighted by atomic mass is 32.2. The first-order valence-corrected chi connectivity index (χ1v) is 17.0. The maximum Gasteiger partial charge on any atom is 0.416 e. The SMILES string of the molecule is O=C(CCN1C(=O)C(=Cc2cc(-c3cc(C(F)(F)F)cc(C(F)(F)F)c3)cs2)SC1=S)Nc1ccc(C(=O)O)cc1C=CCN1CCOCC1. The molecule has 1 aromatic heterocycles. The van der Waals surface area contributed by atoms with Crippen LogP contribution in [0.1, 0.15) is 38.3 Å². The molecule has 0 atom stereocenters. The van der Waals surface area contributed by atoms with Crippen molar-refractivity contribution in [2.24, 2.45) is 0 Å². The van der Waals surface area contributed by atoms with Crippen LogP contribution in [0.4, 0.5) is 32.0 Å². The predicted molar refractivity (Wildman–Crippen MR) is 183 cm³/mol. The summed E-state index contributed by atoms with van der Waals surface area (Å²) in [5, 5.41) is 13.6. The number of halogens is 6. The van der Waals surface area contributed by atoms with Crippen molar-refractivity contribution in [3.05, 3.63) is 86.0 Å². The number of carbonyl (C=O) groups is 3. The fourth-order valence-electron chi connectivity index (χ4n) is 5.01. The zero-order valence-corrected chi connectivity index (χ0v) is 28.2. The molecule has 2 N–H and O–H groups in total. The maximum atomic E-state index is 13.3. The van der Waals surface area contributed by atoms with E-state index in [1.165, 1.54) is 40.6 Å². The van der Waals surface area contributed by atoms with Crippen LogP contribution in [0.3, 0.4) is 0 Å². The number of benzene rings is 2. The lowest BCUT2D eigenvalue weighted by Gasteiger charge is -2.25. The zero-order valence-electron chi connectivity index (χ0n) is 25.8. The van der Waals surface area contributed by atoms with E-state index in [1.807, 2.05) is 6.08 Å². The number of hydrogen-bond donors (Lipinski definition) is 2. The molecular weight excluding hydrogens is 729 g/mol. The first kappa shape index (κ1) is 37.2. The number of ether oxygens (including phenoxy) is 1. The number of morpholine rings is 1. The fraction of sp³-hybridized carbons (Fsp3) is 0.273. The van der Waals surface area contributed by atoms with Gasteiger partial charge in [0.25, 0.3) is 5.91 Å². The Morgan fingerprint density at radius 1 is 0.980 bits per heavy atom. The smallest absolute Gasteiger partial charge is 0.416 e. The summed E-state index contributed by atoms with van der Waals surface area (Å²) in [4.78, 5) is 41.6. The van der Waals surface area contributed by atoms with Crippen molar-refractivity contribution < 1.29 is 50.6 Å². The van der Waals surface area contributed by atoms with Crippen LogP contribution in [0.2, 0.25) is 0 Å². The summed E-state index contributed by atoms with van der Waals surface area (Å²) in [5.41, 5.74) is -2.15. The number of anilines is 1. The van der Waals surface area contributed by atoms with Gasteiger partial charge in [0, 0.05) is 43.2 Å². The van der Waals surface area contributed by atoms with Crippen molar-refractivity contribution in [1.29, 1.82) is 0 Å². The highest BCUT2D eigenvalue weighted by Gasteiger charge is 2.37. The first-order chi connectivity index (χ1) is 23.6. The van der Waals surface area contributed by atoms with Gasteiger partial charge in [0.1, 0.15) is 4.32 Å². The zero-order chi connectivity index (χ0) is 36.2. The molecule has 3 aromatic rings. The van der Waals surface area contributed by atoms with Crippen LogP contribution in [0.5, 0.6) is 0 Å². The number of carboxylic acids is 1. The van der Waals surface area contributed by atoms with Crippen molar-refractivity contribution in [2.45, 2.75) is 18.8 Å². The third kappa shape index (κ3) is 9.39. The van der Waals surface area contributed by atoms with Crippen LogP contribution >= 0.6 is 35.3 Å². The van der Waals surface area contributed by atoms with E-state index in [4.69, 9.17) is 17.0 Å². The summed E-state index contributed by atoms with van der Waals surface area (Å²) < 4.78 is 85.6. The molecule has 2 fully saturated rings. The molecule has 5 rings (SSSR count). The van der Waals surface area contributed by atoms with Crippen molar-refractivity contribution in [3.8, 4) is 11.1 Å². The number of thiophene rings is 1. The number of thioether (sulfide) groups is 1. The minimum Gasteiger partial charge on any atom is -0.478 e. The molecule has 2 aliphatic heterocycles. The molecule has 0 bridgehead atoms. The quantitative estimate of drug-likeness (QED) is 0.123. The minimum absolute atomic E-state index is 0.0390. The van der Waals surface area contributed by atoms with Crippen LogP contribution in [-0.2, 0) is 26.7 Å². The number of aromatic carboxylic acids is 1. The minimum atomic E-state index is -4.99. The Labute approximate surface area is 295 Å². The topological polar surface area (TPSA) is 99.2 Å². The van der Waals surface area contributed by atoms with E-state index in [0.29, 0.717) is 48.0 Å². The Hall–Kier alpha value is -4.03. The van der Waals surface area contributed by atoms with Crippen LogP contribution in [0.25, 0.3) is 23.3 Å². The lowest BCUT2D eigenvalue weighted by Crippen LogP contribution is -2.36. The summed E-state index contributed by atoms with van der Waals surface area (Å²) in [6.07, 6.45) is -5.11. The van der Waals surface area contributed by atoms with Crippen molar-refractivity contribution >= 4 is 75.3 Å². The standard InChI is InChI=1S/C33H27F6N3O5S3/c34-32(35,36)23-13-21(14-24(16-23)33(37,38)39)22-15-25(49-18-22)17-27-29(44)42(31(48)50-27)7-5-28(43)40-26-4-3-20(30(45)46)12-19(26)2-1-6-41-8-10-47-11-9-41/h1-4,12-18H,5-11H2,(H,40,43)(H,45,46). The molecule has 264 valence electrons. The molecule has 50 heavy (non-hydrogen) atoms. The first-order valence-electron chi connectivity index (χ1n) is 14.9. The molecule has 3 heterocycles. The second kappa shape index (κ2) is 15.5. The van der Waals surface area contributed by atoms with Gasteiger partial charge in [-0.1, -0.05) is 36.1 Å². The summed E-state index contributed by atoms with van der Waals surface area (Å²) in [6.45, 7) is 3.28. The Kier molecular flexibility index (Phi) is 11.5. The summed E-state index contributed by atoms with van der Waals surface area (Å²) in [6, 6.07) is 7.00. The second-order valence-corrected chi connectivity index (χ2v) is 13.7. The van der Waals surface area contributed by atoms with E-state index in [1.54, 1.807) is 6.08 Å². The van der Waals surface area contributed by atoms with Crippen LogP contribution in [0.15, 0.2) is 58.8 Å².